The zero-order valence-electron chi connectivity index (χ0n) is 8.45. The molecular weight excluding hydrogens is 180 g/mol. The number of hydrogen-bond acceptors (Lipinski definition) is 3. The molecule has 3 atom stereocenters. The molecule has 4 rings (SSSR count). The van der Waals surface area contributed by atoms with Crippen LogP contribution in [0.5, 0.6) is 0 Å². The van der Waals surface area contributed by atoms with Crippen molar-refractivity contribution in [1.29, 1.82) is 0 Å². The van der Waals surface area contributed by atoms with Crippen molar-refractivity contribution in [2.75, 3.05) is 19.8 Å². The molecule has 0 aromatic heterocycles. The summed E-state index contributed by atoms with van der Waals surface area (Å²) in [6.45, 7) is 1.78. The second-order valence-corrected chi connectivity index (χ2v) is 4.94. The predicted octanol–water partition coefficient (Wildman–Crippen LogP) is 1.16. The van der Waals surface area contributed by atoms with Crippen LogP contribution in [0.1, 0.15) is 25.7 Å². The molecule has 1 aliphatic heterocycles. The van der Waals surface area contributed by atoms with Crippen molar-refractivity contribution in [2.45, 2.75) is 31.5 Å². The zero-order chi connectivity index (χ0) is 9.60. The van der Waals surface area contributed by atoms with Gasteiger partial charge < -0.3 is 14.6 Å². The van der Waals surface area contributed by atoms with Gasteiger partial charge in [-0.1, -0.05) is 0 Å². The lowest BCUT2D eigenvalue weighted by Crippen LogP contribution is -2.53. The van der Waals surface area contributed by atoms with Crippen LogP contribution in [0.25, 0.3) is 0 Å². The molecule has 1 N–H and O–H groups in total. The summed E-state index contributed by atoms with van der Waals surface area (Å²) in [5.74, 6) is 1.28. The Morgan fingerprint density at radius 1 is 1.21 bits per heavy atom. The minimum atomic E-state index is -0.297. The van der Waals surface area contributed by atoms with Gasteiger partial charge in [0.25, 0.3) is 0 Å². The fraction of sp³-hybridized carbons (Fsp3) is 1.00. The summed E-state index contributed by atoms with van der Waals surface area (Å²) in [6, 6.07) is 0. The summed E-state index contributed by atoms with van der Waals surface area (Å²) in [7, 11) is 0. The third-order valence-corrected chi connectivity index (χ3v) is 4.24. The number of rotatable bonds is 1. The smallest absolute Gasteiger partial charge is 0.171 e. The van der Waals surface area contributed by atoms with Crippen LogP contribution in [-0.4, -0.2) is 30.7 Å². The van der Waals surface area contributed by atoms with Crippen molar-refractivity contribution < 1.29 is 14.6 Å². The first-order valence-electron chi connectivity index (χ1n) is 5.73. The van der Waals surface area contributed by atoms with Crippen molar-refractivity contribution in [3.63, 3.8) is 0 Å². The zero-order valence-corrected chi connectivity index (χ0v) is 8.45. The van der Waals surface area contributed by atoms with E-state index in [1.54, 1.807) is 0 Å². The summed E-state index contributed by atoms with van der Waals surface area (Å²) < 4.78 is 11.6. The van der Waals surface area contributed by atoms with Crippen LogP contribution in [-0.2, 0) is 9.47 Å². The Balaban J connectivity index is 1.86. The molecule has 1 heterocycles. The average Bonchev–Trinajstić information content (AvgIpc) is 2.67. The highest BCUT2D eigenvalue weighted by Gasteiger charge is 2.55. The van der Waals surface area contributed by atoms with Gasteiger partial charge in [0.15, 0.2) is 5.79 Å². The number of fused-ring (bicyclic) bond motifs is 2. The minimum absolute atomic E-state index is 0.297. The highest BCUT2D eigenvalue weighted by atomic mass is 16.7. The molecule has 14 heavy (non-hydrogen) atoms. The van der Waals surface area contributed by atoms with Gasteiger partial charge in [0.2, 0.25) is 0 Å². The van der Waals surface area contributed by atoms with Crippen molar-refractivity contribution in [2.24, 2.45) is 17.8 Å². The summed E-state index contributed by atoms with van der Waals surface area (Å²) >= 11 is 0. The fourth-order valence-electron chi connectivity index (χ4n) is 3.68. The monoisotopic (exact) mass is 198 g/mol. The van der Waals surface area contributed by atoms with Crippen molar-refractivity contribution in [3.05, 3.63) is 0 Å². The van der Waals surface area contributed by atoms with Crippen LogP contribution in [0.3, 0.4) is 0 Å². The SMILES string of the molecule is OC[C@@H]1C[C@@H]2CC[C@@H]1C1(C2)OCCO1. The fourth-order valence-corrected chi connectivity index (χ4v) is 3.68. The van der Waals surface area contributed by atoms with E-state index in [-0.39, 0.29) is 5.79 Å². The average molecular weight is 198 g/mol. The van der Waals surface area contributed by atoms with Crippen LogP contribution >= 0.6 is 0 Å². The number of aliphatic hydroxyl groups is 1. The molecule has 0 aromatic rings. The lowest BCUT2D eigenvalue weighted by atomic mass is 9.61. The lowest BCUT2D eigenvalue weighted by Gasteiger charge is -2.51. The number of hydrogen-bond donors (Lipinski definition) is 1. The highest BCUT2D eigenvalue weighted by molar-refractivity contribution is 4.98. The Hall–Kier alpha value is -0.120. The van der Waals surface area contributed by atoms with Crippen molar-refractivity contribution in [1.82, 2.24) is 0 Å². The first-order chi connectivity index (χ1) is 6.84. The van der Waals surface area contributed by atoms with Gasteiger partial charge in [-0.25, -0.2) is 0 Å². The van der Waals surface area contributed by atoms with Crippen LogP contribution < -0.4 is 0 Å². The Bertz CT molecular complexity index is 223. The minimum Gasteiger partial charge on any atom is -0.396 e. The van der Waals surface area contributed by atoms with Gasteiger partial charge >= 0.3 is 0 Å². The van der Waals surface area contributed by atoms with Crippen molar-refractivity contribution in [3.8, 4) is 0 Å². The Morgan fingerprint density at radius 2 is 2.00 bits per heavy atom. The third kappa shape index (κ3) is 1.16. The second-order valence-electron chi connectivity index (χ2n) is 4.94. The second kappa shape index (κ2) is 3.19. The highest BCUT2D eigenvalue weighted by Crippen LogP contribution is 2.53. The Morgan fingerprint density at radius 3 is 2.64 bits per heavy atom. The summed E-state index contributed by atoms with van der Waals surface area (Å²) in [6.07, 6.45) is 4.72. The summed E-state index contributed by atoms with van der Waals surface area (Å²) in [4.78, 5) is 0. The summed E-state index contributed by atoms with van der Waals surface area (Å²) in [5.41, 5.74) is 0. The molecule has 3 aliphatic carbocycles. The van der Waals surface area contributed by atoms with E-state index in [4.69, 9.17) is 9.47 Å². The normalized spacial score (nSPS) is 44.8. The molecule has 0 amide bonds. The maximum atomic E-state index is 9.35. The van der Waals surface area contributed by atoms with Crippen LogP contribution in [0.2, 0.25) is 0 Å². The van der Waals surface area contributed by atoms with Crippen LogP contribution in [0, 0.1) is 17.8 Å². The first-order valence-corrected chi connectivity index (χ1v) is 5.73. The van der Waals surface area contributed by atoms with E-state index < -0.39 is 0 Å². The predicted molar refractivity (Wildman–Crippen MR) is 50.7 cm³/mol. The molecule has 0 radical (unpaired) electrons. The molecular formula is C11H18O3. The van der Waals surface area contributed by atoms with E-state index in [1.165, 1.54) is 19.3 Å². The molecule has 4 fully saturated rings. The van der Waals surface area contributed by atoms with Gasteiger partial charge in [-0.15, -0.1) is 0 Å². The molecule has 0 aromatic carbocycles. The molecule has 1 spiro atoms. The topological polar surface area (TPSA) is 38.7 Å². The Labute approximate surface area is 84.4 Å². The van der Waals surface area contributed by atoms with Gasteiger partial charge in [0.05, 0.1) is 13.2 Å². The summed E-state index contributed by atoms with van der Waals surface area (Å²) in [5, 5.41) is 9.35. The number of ether oxygens (including phenoxy) is 2. The largest absolute Gasteiger partial charge is 0.396 e. The maximum Gasteiger partial charge on any atom is 0.171 e. The van der Waals surface area contributed by atoms with E-state index >= 15 is 0 Å². The first kappa shape index (κ1) is 9.13. The molecule has 3 saturated carbocycles. The molecule has 3 nitrogen and oxygen atoms in total. The quantitative estimate of drug-likeness (QED) is 0.687. The molecule has 80 valence electrons. The van der Waals surface area contributed by atoms with E-state index in [2.05, 4.69) is 0 Å². The third-order valence-electron chi connectivity index (χ3n) is 4.24. The Kier molecular flexibility index (Phi) is 2.08. The number of aliphatic hydroxyl groups excluding tert-OH is 1. The molecule has 0 unspecified atom stereocenters. The van der Waals surface area contributed by atoms with Crippen LogP contribution in [0.4, 0.5) is 0 Å². The van der Waals surface area contributed by atoms with Crippen molar-refractivity contribution >= 4 is 0 Å². The molecule has 2 bridgehead atoms. The maximum absolute atomic E-state index is 9.35. The van der Waals surface area contributed by atoms with Crippen LogP contribution in [0.15, 0.2) is 0 Å². The van der Waals surface area contributed by atoms with Gasteiger partial charge in [0.1, 0.15) is 0 Å². The van der Waals surface area contributed by atoms with Gasteiger partial charge in [-0.2, -0.15) is 0 Å². The van der Waals surface area contributed by atoms with Gasteiger partial charge in [-0.3, -0.25) is 0 Å². The van der Waals surface area contributed by atoms with E-state index in [9.17, 15) is 5.11 Å². The van der Waals surface area contributed by atoms with E-state index in [1.807, 2.05) is 0 Å². The molecule has 3 heteroatoms. The van der Waals surface area contributed by atoms with E-state index in [0.29, 0.717) is 18.4 Å². The standard InChI is InChI=1S/C11H18O3/c12-7-9-5-8-1-2-10(9)11(6-8)13-3-4-14-11/h8-10,12H,1-7H2/t8-,9-,10-/m0/s1. The lowest BCUT2D eigenvalue weighted by molar-refractivity contribution is -0.257. The molecule has 4 aliphatic rings. The van der Waals surface area contributed by atoms with Gasteiger partial charge in [0, 0.05) is 18.9 Å². The molecule has 1 saturated heterocycles. The van der Waals surface area contributed by atoms with E-state index in [0.717, 1.165) is 25.6 Å². The van der Waals surface area contributed by atoms with Gasteiger partial charge in [-0.05, 0) is 31.1 Å².